The predicted molar refractivity (Wildman–Crippen MR) is 74.4 cm³/mol. The van der Waals surface area contributed by atoms with Gasteiger partial charge in [0.1, 0.15) is 0 Å². The molecule has 1 aromatic carbocycles. The summed E-state index contributed by atoms with van der Waals surface area (Å²) >= 11 is 0. The number of likely N-dealkylation sites (N-methyl/N-ethyl adjacent to an activating group) is 1. The summed E-state index contributed by atoms with van der Waals surface area (Å²) in [5, 5.41) is 3.45. The van der Waals surface area contributed by atoms with Gasteiger partial charge in [0, 0.05) is 30.5 Å². The lowest BCUT2D eigenvalue weighted by Gasteiger charge is -2.20. The summed E-state index contributed by atoms with van der Waals surface area (Å²) in [7, 11) is 0. The van der Waals surface area contributed by atoms with Crippen LogP contribution in [0.4, 0.5) is 11.4 Å². The van der Waals surface area contributed by atoms with Gasteiger partial charge in [-0.15, -0.1) is 0 Å². The summed E-state index contributed by atoms with van der Waals surface area (Å²) in [6, 6.07) is 6.99. The van der Waals surface area contributed by atoms with Crippen molar-refractivity contribution in [2.45, 2.75) is 32.7 Å². The minimum Gasteiger partial charge on any atom is -0.399 e. The van der Waals surface area contributed by atoms with Crippen molar-refractivity contribution in [3.8, 4) is 0 Å². The van der Waals surface area contributed by atoms with Crippen LogP contribution in [0.5, 0.6) is 0 Å². The number of hydrogen-bond acceptors (Lipinski definition) is 3. The zero-order valence-electron chi connectivity index (χ0n) is 10.9. The van der Waals surface area contributed by atoms with E-state index < -0.39 is 0 Å². The summed E-state index contributed by atoms with van der Waals surface area (Å²) in [5.41, 5.74) is 9.00. The van der Waals surface area contributed by atoms with E-state index in [2.05, 4.69) is 30.1 Å². The predicted octanol–water partition coefficient (Wildman–Crippen LogP) is 2.47. The Morgan fingerprint density at radius 3 is 2.71 bits per heavy atom. The molecule has 3 N–H and O–H groups in total. The highest BCUT2D eigenvalue weighted by Gasteiger charge is 2.26. The lowest BCUT2D eigenvalue weighted by atomic mass is 10.2. The van der Waals surface area contributed by atoms with E-state index in [0.29, 0.717) is 0 Å². The van der Waals surface area contributed by atoms with Gasteiger partial charge >= 0.3 is 0 Å². The Kier molecular flexibility index (Phi) is 3.89. The van der Waals surface area contributed by atoms with Gasteiger partial charge in [0.2, 0.25) is 0 Å². The standard InChI is InChI=1S/C14H23N3/c1-3-17(14-4-5-14)7-6-16-13-9-11(2)8-12(15)10-13/h8-10,14,16H,3-7,15H2,1-2H3. The first-order valence-corrected chi connectivity index (χ1v) is 6.54. The topological polar surface area (TPSA) is 41.3 Å². The average Bonchev–Trinajstić information content (AvgIpc) is 3.07. The molecule has 0 unspecified atom stereocenters. The molecular formula is C14H23N3. The zero-order valence-corrected chi connectivity index (χ0v) is 10.9. The van der Waals surface area contributed by atoms with Gasteiger partial charge in [0.15, 0.2) is 0 Å². The van der Waals surface area contributed by atoms with Crippen molar-refractivity contribution in [2.75, 3.05) is 30.7 Å². The molecule has 1 fully saturated rings. The SMILES string of the molecule is CCN(CCNc1cc(C)cc(N)c1)C1CC1. The third kappa shape index (κ3) is 3.63. The number of rotatable bonds is 6. The summed E-state index contributed by atoms with van der Waals surface area (Å²) in [5.74, 6) is 0. The Balaban J connectivity index is 1.80. The Bertz CT molecular complexity index is 351. The fourth-order valence-corrected chi connectivity index (χ4v) is 2.30. The Morgan fingerprint density at radius 2 is 2.12 bits per heavy atom. The van der Waals surface area contributed by atoms with Gasteiger partial charge in [-0.2, -0.15) is 0 Å². The van der Waals surface area contributed by atoms with Gasteiger partial charge in [-0.1, -0.05) is 6.92 Å². The highest BCUT2D eigenvalue weighted by atomic mass is 15.2. The maximum atomic E-state index is 5.82. The molecule has 0 aliphatic heterocycles. The molecule has 3 nitrogen and oxygen atoms in total. The second-order valence-corrected chi connectivity index (χ2v) is 4.92. The van der Waals surface area contributed by atoms with Crippen molar-refractivity contribution >= 4 is 11.4 Å². The molecular weight excluding hydrogens is 210 g/mol. The number of hydrogen-bond donors (Lipinski definition) is 2. The van der Waals surface area contributed by atoms with Crippen molar-refractivity contribution in [3.05, 3.63) is 23.8 Å². The first kappa shape index (κ1) is 12.2. The second-order valence-electron chi connectivity index (χ2n) is 4.92. The van der Waals surface area contributed by atoms with Crippen molar-refractivity contribution in [1.82, 2.24) is 4.90 Å². The summed E-state index contributed by atoms with van der Waals surface area (Å²) in [6.07, 6.45) is 2.76. The minimum absolute atomic E-state index is 0.835. The van der Waals surface area contributed by atoms with Crippen molar-refractivity contribution < 1.29 is 0 Å². The summed E-state index contributed by atoms with van der Waals surface area (Å²) in [4.78, 5) is 2.55. The average molecular weight is 233 g/mol. The van der Waals surface area contributed by atoms with Crippen molar-refractivity contribution in [1.29, 1.82) is 0 Å². The van der Waals surface area contributed by atoms with Crippen LogP contribution < -0.4 is 11.1 Å². The fourth-order valence-electron chi connectivity index (χ4n) is 2.30. The summed E-state index contributed by atoms with van der Waals surface area (Å²) < 4.78 is 0. The number of aryl methyl sites for hydroxylation is 1. The molecule has 0 saturated heterocycles. The maximum absolute atomic E-state index is 5.82. The molecule has 2 rings (SSSR count). The van der Waals surface area contributed by atoms with Crippen LogP contribution in [0.2, 0.25) is 0 Å². The van der Waals surface area contributed by atoms with Crippen LogP contribution in [0.1, 0.15) is 25.3 Å². The molecule has 0 radical (unpaired) electrons. The molecule has 1 aliphatic rings. The van der Waals surface area contributed by atoms with Gasteiger partial charge in [0.25, 0.3) is 0 Å². The third-order valence-electron chi connectivity index (χ3n) is 3.30. The van der Waals surface area contributed by atoms with Gasteiger partial charge < -0.3 is 11.1 Å². The second kappa shape index (κ2) is 5.41. The number of anilines is 2. The van der Waals surface area contributed by atoms with E-state index >= 15 is 0 Å². The molecule has 0 bridgehead atoms. The summed E-state index contributed by atoms with van der Waals surface area (Å²) in [6.45, 7) is 7.58. The molecule has 3 heteroatoms. The van der Waals surface area contributed by atoms with Gasteiger partial charge in [0.05, 0.1) is 0 Å². The molecule has 0 aromatic heterocycles. The number of nitrogens with one attached hydrogen (secondary N) is 1. The highest BCUT2D eigenvalue weighted by Crippen LogP contribution is 2.26. The van der Waals surface area contributed by atoms with Gasteiger partial charge in [-0.05, 0) is 50.1 Å². The third-order valence-corrected chi connectivity index (χ3v) is 3.30. The van der Waals surface area contributed by atoms with Crippen LogP contribution in [-0.4, -0.2) is 30.6 Å². The van der Waals surface area contributed by atoms with Crippen molar-refractivity contribution in [2.24, 2.45) is 0 Å². The Morgan fingerprint density at radius 1 is 1.35 bits per heavy atom. The Hall–Kier alpha value is -1.22. The molecule has 1 saturated carbocycles. The van der Waals surface area contributed by atoms with Crippen molar-refractivity contribution in [3.63, 3.8) is 0 Å². The molecule has 1 aliphatic carbocycles. The number of nitrogens with two attached hydrogens (primary N) is 1. The van der Waals surface area contributed by atoms with E-state index in [-0.39, 0.29) is 0 Å². The monoisotopic (exact) mass is 233 g/mol. The minimum atomic E-state index is 0.835. The normalized spacial score (nSPS) is 15.2. The van der Waals surface area contributed by atoms with Crippen LogP contribution in [0.15, 0.2) is 18.2 Å². The molecule has 94 valence electrons. The van der Waals surface area contributed by atoms with Crippen LogP contribution in [0.3, 0.4) is 0 Å². The largest absolute Gasteiger partial charge is 0.399 e. The van der Waals surface area contributed by atoms with E-state index in [1.54, 1.807) is 0 Å². The van der Waals surface area contributed by atoms with E-state index in [1.807, 2.05) is 12.1 Å². The lowest BCUT2D eigenvalue weighted by Crippen LogP contribution is -2.30. The zero-order chi connectivity index (χ0) is 12.3. The van der Waals surface area contributed by atoms with E-state index in [9.17, 15) is 0 Å². The smallest absolute Gasteiger partial charge is 0.0363 e. The van der Waals surface area contributed by atoms with Gasteiger partial charge in [-0.25, -0.2) is 0 Å². The first-order chi connectivity index (χ1) is 8.19. The highest BCUT2D eigenvalue weighted by molar-refractivity contribution is 5.56. The van der Waals surface area contributed by atoms with E-state index in [0.717, 1.165) is 37.1 Å². The van der Waals surface area contributed by atoms with E-state index in [1.165, 1.54) is 18.4 Å². The molecule has 17 heavy (non-hydrogen) atoms. The fraction of sp³-hybridized carbons (Fsp3) is 0.571. The van der Waals surface area contributed by atoms with Crippen LogP contribution >= 0.6 is 0 Å². The molecule has 0 heterocycles. The van der Waals surface area contributed by atoms with Crippen LogP contribution in [-0.2, 0) is 0 Å². The van der Waals surface area contributed by atoms with Crippen LogP contribution in [0, 0.1) is 6.92 Å². The Labute approximate surface area is 104 Å². The maximum Gasteiger partial charge on any atom is 0.0363 e. The number of benzene rings is 1. The number of nitrogens with zero attached hydrogens (tertiary/aromatic N) is 1. The quantitative estimate of drug-likeness (QED) is 0.742. The molecule has 1 aromatic rings. The van der Waals surface area contributed by atoms with Crippen LogP contribution in [0.25, 0.3) is 0 Å². The van der Waals surface area contributed by atoms with Gasteiger partial charge in [-0.3, -0.25) is 4.90 Å². The van der Waals surface area contributed by atoms with E-state index in [4.69, 9.17) is 5.73 Å². The lowest BCUT2D eigenvalue weighted by molar-refractivity contribution is 0.289. The molecule has 0 spiro atoms. The number of nitrogen functional groups attached to an aromatic ring is 1. The molecule has 0 atom stereocenters. The first-order valence-electron chi connectivity index (χ1n) is 6.54. The molecule has 0 amide bonds.